The summed E-state index contributed by atoms with van der Waals surface area (Å²) in [4.78, 5) is 28.3. The van der Waals surface area contributed by atoms with Crippen molar-refractivity contribution in [1.29, 1.82) is 0 Å². The van der Waals surface area contributed by atoms with Gasteiger partial charge in [0.2, 0.25) is 0 Å². The van der Waals surface area contributed by atoms with Gasteiger partial charge in [0, 0.05) is 28.6 Å². The summed E-state index contributed by atoms with van der Waals surface area (Å²) in [6.45, 7) is 5.65. The summed E-state index contributed by atoms with van der Waals surface area (Å²) in [6, 6.07) is 8.28. The summed E-state index contributed by atoms with van der Waals surface area (Å²) in [6.07, 6.45) is 2.85. The molecule has 0 spiro atoms. The average Bonchev–Trinajstić information content (AvgIpc) is 2.48. The number of carbonyl (C=O) groups excluding carboxylic acids is 2. The highest BCUT2D eigenvalue weighted by atomic mass is 35.5. The van der Waals surface area contributed by atoms with Crippen molar-refractivity contribution in [2.45, 2.75) is 26.3 Å². The molecule has 1 aromatic heterocycles. The van der Waals surface area contributed by atoms with Crippen LogP contribution in [0.2, 0.25) is 5.02 Å². The Bertz CT molecular complexity index is 721. The van der Waals surface area contributed by atoms with Crippen molar-refractivity contribution in [3.05, 3.63) is 58.9 Å². The van der Waals surface area contributed by atoms with E-state index < -0.39 is 0 Å². The fraction of sp³-hybridized carbons (Fsp3) is 0.235. The summed E-state index contributed by atoms with van der Waals surface area (Å²) in [5.74, 6) is -0.614. The molecule has 0 aliphatic heterocycles. The fourth-order valence-electron chi connectivity index (χ4n) is 1.84. The van der Waals surface area contributed by atoms with Crippen LogP contribution in [0.5, 0.6) is 0 Å². The van der Waals surface area contributed by atoms with Crippen LogP contribution in [-0.4, -0.2) is 22.3 Å². The quantitative estimate of drug-likeness (QED) is 0.904. The van der Waals surface area contributed by atoms with Gasteiger partial charge in [-0.05, 0) is 51.1 Å². The predicted molar refractivity (Wildman–Crippen MR) is 90.9 cm³/mol. The van der Waals surface area contributed by atoms with Crippen molar-refractivity contribution in [2.24, 2.45) is 0 Å². The summed E-state index contributed by atoms with van der Waals surface area (Å²) < 4.78 is 0. The molecule has 0 bridgehead atoms. The topological polar surface area (TPSA) is 71.1 Å². The molecule has 1 heterocycles. The van der Waals surface area contributed by atoms with Gasteiger partial charge < -0.3 is 10.6 Å². The minimum atomic E-state index is -0.362. The van der Waals surface area contributed by atoms with Gasteiger partial charge in [0.15, 0.2) is 0 Å². The smallest absolute Gasteiger partial charge is 0.257 e. The highest BCUT2D eigenvalue weighted by molar-refractivity contribution is 6.30. The van der Waals surface area contributed by atoms with E-state index in [1.54, 1.807) is 24.3 Å². The van der Waals surface area contributed by atoms with Gasteiger partial charge >= 0.3 is 0 Å². The molecule has 1 aromatic carbocycles. The second-order valence-electron chi connectivity index (χ2n) is 6.13. The van der Waals surface area contributed by atoms with Crippen LogP contribution < -0.4 is 10.6 Å². The zero-order valence-electron chi connectivity index (χ0n) is 13.2. The van der Waals surface area contributed by atoms with E-state index in [1.807, 2.05) is 20.8 Å². The molecule has 2 aromatic rings. The number of nitrogens with one attached hydrogen (secondary N) is 2. The van der Waals surface area contributed by atoms with Gasteiger partial charge in [-0.25, -0.2) is 0 Å². The number of hydrogen-bond acceptors (Lipinski definition) is 3. The largest absolute Gasteiger partial charge is 0.347 e. The zero-order chi connectivity index (χ0) is 17.0. The number of rotatable bonds is 3. The third kappa shape index (κ3) is 5.07. The van der Waals surface area contributed by atoms with Crippen molar-refractivity contribution in [2.75, 3.05) is 5.32 Å². The first kappa shape index (κ1) is 17.0. The van der Waals surface area contributed by atoms with Crippen LogP contribution >= 0.6 is 11.6 Å². The third-order valence-corrected chi connectivity index (χ3v) is 3.11. The SMILES string of the molecule is CC(C)(C)NC(=O)c1cncc(C(=O)Nc2ccc(Cl)cc2)c1. The van der Waals surface area contributed by atoms with E-state index in [9.17, 15) is 9.59 Å². The minimum Gasteiger partial charge on any atom is -0.347 e. The highest BCUT2D eigenvalue weighted by Gasteiger charge is 2.17. The summed E-state index contributed by atoms with van der Waals surface area (Å²) >= 11 is 5.81. The number of carbonyl (C=O) groups is 2. The molecule has 0 saturated heterocycles. The van der Waals surface area contributed by atoms with Crippen molar-refractivity contribution in [1.82, 2.24) is 10.3 Å². The number of benzene rings is 1. The Morgan fingerprint density at radius 2 is 1.57 bits per heavy atom. The van der Waals surface area contributed by atoms with Crippen LogP contribution in [0.3, 0.4) is 0 Å². The van der Waals surface area contributed by atoms with Crippen LogP contribution in [0, 0.1) is 0 Å². The zero-order valence-corrected chi connectivity index (χ0v) is 13.9. The number of anilines is 1. The lowest BCUT2D eigenvalue weighted by molar-refractivity contribution is 0.0919. The van der Waals surface area contributed by atoms with Gasteiger partial charge in [0.25, 0.3) is 11.8 Å². The molecule has 2 rings (SSSR count). The first-order valence-electron chi connectivity index (χ1n) is 7.09. The third-order valence-electron chi connectivity index (χ3n) is 2.85. The van der Waals surface area contributed by atoms with E-state index in [1.165, 1.54) is 18.5 Å². The van der Waals surface area contributed by atoms with Crippen LogP contribution in [0.15, 0.2) is 42.7 Å². The molecule has 120 valence electrons. The molecule has 0 fully saturated rings. The first-order chi connectivity index (χ1) is 10.7. The Morgan fingerprint density at radius 3 is 2.13 bits per heavy atom. The molecule has 6 heteroatoms. The molecule has 2 amide bonds. The molecule has 0 radical (unpaired) electrons. The number of amides is 2. The van der Waals surface area contributed by atoms with Crippen LogP contribution in [0.25, 0.3) is 0 Å². The highest BCUT2D eigenvalue weighted by Crippen LogP contribution is 2.15. The Morgan fingerprint density at radius 1 is 1.00 bits per heavy atom. The first-order valence-corrected chi connectivity index (χ1v) is 7.47. The Balaban J connectivity index is 2.14. The van der Waals surface area contributed by atoms with Gasteiger partial charge in [-0.3, -0.25) is 14.6 Å². The maximum atomic E-state index is 12.2. The maximum Gasteiger partial charge on any atom is 0.257 e. The lowest BCUT2D eigenvalue weighted by Gasteiger charge is -2.20. The standard InChI is InChI=1S/C17H18ClN3O2/c1-17(2,3)21-16(23)12-8-11(9-19-10-12)15(22)20-14-6-4-13(18)5-7-14/h4-10H,1-3H3,(H,20,22)(H,21,23). The molecule has 0 aliphatic carbocycles. The second kappa shape index (κ2) is 6.79. The number of aromatic nitrogens is 1. The van der Waals surface area contributed by atoms with Gasteiger partial charge in [-0.1, -0.05) is 11.6 Å². The van der Waals surface area contributed by atoms with Crippen molar-refractivity contribution in [3.63, 3.8) is 0 Å². The summed E-state index contributed by atoms with van der Waals surface area (Å²) in [7, 11) is 0. The van der Waals surface area contributed by atoms with E-state index >= 15 is 0 Å². The monoisotopic (exact) mass is 331 g/mol. The normalized spacial score (nSPS) is 11.0. The molecular weight excluding hydrogens is 314 g/mol. The summed E-state index contributed by atoms with van der Waals surface area (Å²) in [5, 5.41) is 6.15. The van der Waals surface area contributed by atoms with Crippen LogP contribution in [-0.2, 0) is 0 Å². The molecule has 0 saturated carbocycles. The molecule has 0 aliphatic rings. The molecule has 5 nitrogen and oxygen atoms in total. The summed E-state index contributed by atoms with van der Waals surface area (Å²) in [5.41, 5.74) is 0.896. The molecule has 0 atom stereocenters. The van der Waals surface area contributed by atoms with E-state index in [0.29, 0.717) is 21.8 Å². The molecule has 0 unspecified atom stereocenters. The number of halogens is 1. The average molecular weight is 332 g/mol. The van der Waals surface area contributed by atoms with E-state index in [-0.39, 0.29) is 17.4 Å². The lowest BCUT2D eigenvalue weighted by atomic mass is 10.1. The predicted octanol–water partition coefficient (Wildman–Crippen LogP) is 3.52. The number of pyridine rings is 1. The molecular formula is C17H18ClN3O2. The van der Waals surface area contributed by atoms with Gasteiger partial charge in [-0.15, -0.1) is 0 Å². The Labute approximate surface area is 140 Å². The van der Waals surface area contributed by atoms with Crippen molar-refractivity contribution >= 4 is 29.1 Å². The Kier molecular flexibility index (Phi) is 5.01. The number of hydrogen-bond donors (Lipinski definition) is 2. The molecule has 2 N–H and O–H groups in total. The lowest BCUT2D eigenvalue weighted by Crippen LogP contribution is -2.40. The number of nitrogens with zero attached hydrogens (tertiary/aromatic N) is 1. The van der Waals surface area contributed by atoms with E-state index in [0.717, 1.165) is 0 Å². The van der Waals surface area contributed by atoms with Crippen LogP contribution in [0.1, 0.15) is 41.5 Å². The van der Waals surface area contributed by atoms with E-state index in [4.69, 9.17) is 11.6 Å². The van der Waals surface area contributed by atoms with E-state index in [2.05, 4.69) is 15.6 Å². The Hall–Kier alpha value is -2.40. The van der Waals surface area contributed by atoms with Gasteiger partial charge in [0.05, 0.1) is 11.1 Å². The van der Waals surface area contributed by atoms with Crippen LogP contribution in [0.4, 0.5) is 5.69 Å². The fourth-order valence-corrected chi connectivity index (χ4v) is 1.96. The van der Waals surface area contributed by atoms with Crippen molar-refractivity contribution < 1.29 is 9.59 Å². The van der Waals surface area contributed by atoms with Gasteiger partial charge in [0.1, 0.15) is 0 Å². The minimum absolute atomic E-state index is 0.272. The van der Waals surface area contributed by atoms with Gasteiger partial charge in [-0.2, -0.15) is 0 Å². The molecule has 23 heavy (non-hydrogen) atoms. The van der Waals surface area contributed by atoms with Crippen molar-refractivity contribution in [3.8, 4) is 0 Å². The second-order valence-corrected chi connectivity index (χ2v) is 6.56. The maximum absolute atomic E-state index is 12.2.